The van der Waals surface area contributed by atoms with Crippen LogP contribution in [0.1, 0.15) is 6.92 Å². The highest BCUT2D eigenvalue weighted by Gasteiger charge is 2.15. The molecule has 0 aliphatic rings. The van der Waals surface area contributed by atoms with Crippen molar-refractivity contribution in [2.45, 2.75) is 17.2 Å². The largest absolute Gasteiger partial charge is 0.480 e. The molecule has 16 heavy (non-hydrogen) atoms. The van der Waals surface area contributed by atoms with Crippen LogP contribution in [0.4, 0.5) is 0 Å². The molecule has 4 nitrogen and oxygen atoms in total. The number of nitrogens with zero attached hydrogens (tertiary/aromatic N) is 2. The molecule has 0 aliphatic carbocycles. The van der Waals surface area contributed by atoms with Crippen LogP contribution in [0, 0.1) is 0 Å². The van der Waals surface area contributed by atoms with Crippen molar-refractivity contribution in [1.82, 2.24) is 9.97 Å². The van der Waals surface area contributed by atoms with Gasteiger partial charge in [-0.3, -0.25) is 4.79 Å². The van der Waals surface area contributed by atoms with Crippen LogP contribution in [0.5, 0.6) is 0 Å². The summed E-state index contributed by atoms with van der Waals surface area (Å²) in [6.07, 6.45) is 1.46. The highest BCUT2D eigenvalue weighted by atomic mass is 32.2. The second-order valence-electron chi connectivity index (χ2n) is 3.29. The Bertz CT molecular complexity index is 525. The molecule has 82 valence electrons. The number of benzene rings is 1. The quantitative estimate of drug-likeness (QED) is 0.651. The Morgan fingerprint density at radius 3 is 2.88 bits per heavy atom. The summed E-state index contributed by atoms with van der Waals surface area (Å²) in [5.41, 5.74) is 0.831. The van der Waals surface area contributed by atoms with E-state index < -0.39 is 11.2 Å². The molecule has 0 aliphatic heterocycles. The SMILES string of the molecule is CC(Sc1ncnc2ccccc12)C(=O)O. The van der Waals surface area contributed by atoms with Crippen molar-refractivity contribution in [1.29, 1.82) is 0 Å². The number of hydrogen-bond donors (Lipinski definition) is 1. The Morgan fingerprint density at radius 1 is 1.38 bits per heavy atom. The third kappa shape index (κ3) is 2.14. The van der Waals surface area contributed by atoms with E-state index in [2.05, 4.69) is 9.97 Å². The van der Waals surface area contributed by atoms with E-state index >= 15 is 0 Å². The smallest absolute Gasteiger partial charge is 0.316 e. The Labute approximate surface area is 96.7 Å². The summed E-state index contributed by atoms with van der Waals surface area (Å²) in [6.45, 7) is 1.64. The topological polar surface area (TPSA) is 63.1 Å². The zero-order chi connectivity index (χ0) is 11.5. The maximum absolute atomic E-state index is 10.8. The highest BCUT2D eigenvalue weighted by Crippen LogP contribution is 2.27. The fourth-order valence-electron chi connectivity index (χ4n) is 1.29. The van der Waals surface area contributed by atoms with Gasteiger partial charge in [0.1, 0.15) is 16.6 Å². The van der Waals surface area contributed by atoms with Crippen molar-refractivity contribution in [3.8, 4) is 0 Å². The predicted molar refractivity (Wildman–Crippen MR) is 62.5 cm³/mol. The van der Waals surface area contributed by atoms with Crippen LogP contribution in [0.3, 0.4) is 0 Å². The molecule has 1 N–H and O–H groups in total. The molecule has 0 fully saturated rings. The minimum absolute atomic E-state index is 0.515. The lowest BCUT2D eigenvalue weighted by molar-refractivity contribution is -0.136. The van der Waals surface area contributed by atoms with E-state index in [0.29, 0.717) is 5.03 Å². The first kappa shape index (κ1) is 10.9. The van der Waals surface area contributed by atoms with Crippen LogP contribution in [0.15, 0.2) is 35.6 Å². The molecule has 0 spiro atoms. The molecular weight excluding hydrogens is 224 g/mol. The highest BCUT2D eigenvalue weighted by molar-refractivity contribution is 8.00. The Morgan fingerprint density at radius 2 is 2.12 bits per heavy atom. The maximum Gasteiger partial charge on any atom is 0.316 e. The van der Waals surface area contributed by atoms with Gasteiger partial charge in [0.15, 0.2) is 0 Å². The lowest BCUT2D eigenvalue weighted by Crippen LogP contribution is -2.11. The van der Waals surface area contributed by atoms with E-state index in [1.165, 1.54) is 18.1 Å². The number of hydrogen-bond acceptors (Lipinski definition) is 4. The first-order valence-corrected chi connectivity index (χ1v) is 5.65. The molecule has 1 unspecified atom stereocenters. The minimum Gasteiger partial charge on any atom is -0.480 e. The van der Waals surface area contributed by atoms with Gasteiger partial charge in [-0.1, -0.05) is 30.0 Å². The van der Waals surface area contributed by atoms with E-state index in [9.17, 15) is 4.79 Å². The number of aromatic nitrogens is 2. The molecule has 0 bridgehead atoms. The van der Waals surface area contributed by atoms with E-state index in [4.69, 9.17) is 5.11 Å². The first-order chi connectivity index (χ1) is 7.68. The third-order valence-electron chi connectivity index (χ3n) is 2.14. The normalized spacial score (nSPS) is 12.6. The second-order valence-corrected chi connectivity index (χ2v) is 4.62. The monoisotopic (exact) mass is 234 g/mol. The van der Waals surface area contributed by atoms with E-state index in [0.717, 1.165) is 10.9 Å². The molecule has 2 aromatic rings. The Kier molecular flexibility index (Phi) is 3.05. The Hall–Kier alpha value is -1.62. The van der Waals surface area contributed by atoms with Crippen molar-refractivity contribution >= 4 is 28.6 Å². The molecular formula is C11H10N2O2S. The number of carboxylic acids is 1. The van der Waals surface area contributed by atoms with Crippen LogP contribution >= 0.6 is 11.8 Å². The number of fused-ring (bicyclic) bond motifs is 1. The average molecular weight is 234 g/mol. The summed E-state index contributed by atoms with van der Waals surface area (Å²) < 4.78 is 0. The van der Waals surface area contributed by atoms with Crippen molar-refractivity contribution in [3.05, 3.63) is 30.6 Å². The van der Waals surface area contributed by atoms with Crippen LogP contribution in [0.25, 0.3) is 10.9 Å². The minimum atomic E-state index is -0.840. The molecule has 1 atom stereocenters. The van der Waals surface area contributed by atoms with Gasteiger partial charge in [-0.25, -0.2) is 9.97 Å². The third-order valence-corrected chi connectivity index (χ3v) is 3.25. The van der Waals surface area contributed by atoms with Gasteiger partial charge < -0.3 is 5.11 Å². The second kappa shape index (κ2) is 4.49. The average Bonchev–Trinajstić information content (AvgIpc) is 2.29. The number of carboxylic acid groups (broad SMARTS) is 1. The fraction of sp³-hybridized carbons (Fsp3) is 0.182. The summed E-state index contributed by atoms with van der Waals surface area (Å²) in [4.78, 5) is 19.0. The lowest BCUT2D eigenvalue weighted by atomic mass is 10.2. The van der Waals surface area contributed by atoms with Gasteiger partial charge in [0.25, 0.3) is 0 Å². The number of aliphatic carboxylic acids is 1. The predicted octanol–water partition coefficient (Wildman–Crippen LogP) is 2.19. The molecule has 0 saturated heterocycles. The first-order valence-electron chi connectivity index (χ1n) is 4.77. The number of rotatable bonds is 3. The van der Waals surface area contributed by atoms with Gasteiger partial charge in [-0.15, -0.1) is 0 Å². The van der Waals surface area contributed by atoms with Crippen molar-refractivity contribution in [3.63, 3.8) is 0 Å². The van der Waals surface area contributed by atoms with Gasteiger partial charge in [0.2, 0.25) is 0 Å². The van der Waals surface area contributed by atoms with Gasteiger partial charge in [-0.05, 0) is 13.0 Å². The molecule has 2 rings (SSSR count). The lowest BCUT2D eigenvalue weighted by Gasteiger charge is -2.07. The summed E-state index contributed by atoms with van der Waals surface area (Å²) in [5.74, 6) is -0.840. The standard InChI is InChI=1S/C11H10N2O2S/c1-7(11(14)15)16-10-8-4-2-3-5-9(8)12-6-13-10/h2-7H,1H3,(H,14,15). The zero-order valence-corrected chi connectivity index (χ0v) is 9.44. The van der Waals surface area contributed by atoms with E-state index in [1.807, 2.05) is 24.3 Å². The summed E-state index contributed by atoms with van der Waals surface area (Å²) >= 11 is 1.23. The van der Waals surface area contributed by atoms with E-state index in [-0.39, 0.29) is 0 Å². The van der Waals surface area contributed by atoms with Gasteiger partial charge in [0.05, 0.1) is 5.52 Å². The van der Waals surface area contributed by atoms with Crippen LogP contribution < -0.4 is 0 Å². The fourth-order valence-corrected chi connectivity index (χ4v) is 2.14. The van der Waals surface area contributed by atoms with E-state index in [1.54, 1.807) is 6.92 Å². The molecule has 0 radical (unpaired) electrons. The van der Waals surface area contributed by atoms with Crippen molar-refractivity contribution in [2.75, 3.05) is 0 Å². The van der Waals surface area contributed by atoms with Gasteiger partial charge in [0, 0.05) is 5.39 Å². The maximum atomic E-state index is 10.8. The summed E-state index contributed by atoms with van der Waals surface area (Å²) in [6, 6.07) is 7.56. The van der Waals surface area contributed by atoms with Crippen LogP contribution in [-0.2, 0) is 4.79 Å². The molecule has 0 amide bonds. The molecule has 1 aromatic carbocycles. The Balaban J connectivity index is 2.41. The number of thioether (sulfide) groups is 1. The van der Waals surface area contributed by atoms with Crippen molar-refractivity contribution in [2.24, 2.45) is 0 Å². The molecule has 1 heterocycles. The summed E-state index contributed by atoms with van der Waals surface area (Å²) in [7, 11) is 0. The summed E-state index contributed by atoms with van der Waals surface area (Å²) in [5, 5.41) is 9.94. The van der Waals surface area contributed by atoms with Crippen LogP contribution in [0.2, 0.25) is 0 Å². The molecule has 0 saturated carbocycles. The molecule has 1 aromatic heterocycles. The van der Waals surface area contributed by atoms with Crippen LogP contribution in [-0.4, -0.2) is 26.3 Å². The number of para-hydroxylation sites is 1. The number of carbonyl (C=O) groups is 1. The molecule has 5 heteroatoms. The van der Waals surface area contributed by atoms with Gasteiger partial charge >= 0.3 is 5.97 Å². The van der Waals surface area contributed by atoms with Crippen molar-refractivity contribution < 1.29 is 9.90 Å². The van der Waals surface area contributed by atoms with Gasteiger partial charge in [-0.2, -0.15) is 0 Å². The zero-order valence-electron chi connectivity index (χ0n) is 8.62.